The lowest BCUT2D eigenvalue weighted by Crippen LogP contribution is -2.14. The van der Waals surface area contributed by atoms with Gasteiger partial charge in [0.05, 0.1) is 28.5 Å². The standard InChI is InChI=1S/C14H11ClN2O3S/c15-14-5-4-12(10-17-14)20-6-7-21(18,19)13-3-1-2-11(8-13)9-16/h1-5,8,10H,6-7H2. The van der Waals surface area contributed by atoms with Crippen LogP contribution in [0.25, 0.3) is 0 Å². The van der Waals surface area contributed by atoms with Gasteiger partial charge in [-0.3, -0.25) is 0 Å². The molecule has 108 valence electrons. The molecule has 1 aromatic heterocycles. The number of ether oxygens (including phenoxy) is 1. The number of benzene rings is 1. The number of rotatable bonds is 5. The molecule has 0 aliphatic heterocycles. The van der Waals surface area contributed by atoms with Gasteiger partial charge < -0.3 is 4.74 Å². The van der Waals surface area contributed by atoms with Crippen molar-refractivity contribution in [3.63, 3.8) is 0 Å². The lowest BCUT2D eigenvalue weighted by molar-refractivity contribution is 0.339. The van der Waals surface area contributed by atoms with Gasteiger partial charge in [-0.05, 0) is 30.3 Å². The Morgan fingerprint density at radius 1 is 1.29 bits per heavy atom. The van der Waals surface area contributed by atoms with E-state index in [1.54, 1.807) is 18.2 Å². The van der Waals surface area contributed by atoms with Crippen LogP contribution in [0.15, 0.2) is 47.5 Å². The average molecular weight is 323 g/mol. The summed E-state index contributed by atoms with van der Waals surface area (Å²) in [5.74, 6) is 0.255. The molecule has 0 fully saturated rings. The summed E-state index contributed by atoms with van der Waals surface area (Å²) in [4.78, 5) is 3.94. The Bertz CT molecular complexity index is 768. The molecule has 0 radical (unpaired) electrons. The Labute approximate surface area is 127 Å². The monoisotopic (exact) mass is 322 g/mol. The molecule has 0 bridgehead atoms. The molecule has 0 atom stereocenters. The zero-order chi connectivity index (χ0) is 15.3. The molecule has 0 amide bonds. The first kappa shape index (κ1) is 15.3. The van der Waals surface area contributed by atoms with Crippen LogP contribution in [0.2, 0.25) is 5.15 Å². The quantitative estimate of drug-likeness (QED) is 0.790. The summed E-state index contributed by atoms with van der Waals surface area (Å²) in [5.41, 5.74) is 0.305. The van der Waals surface area contributed by atoms with Crippen molar-refractivity contribution in [2.75, 3.05) is 12.4 Å². The maximum absolute atomic E-state index is 12.1. The lowest BCUT2D eigenvalue weighted by atomic mass is 10.2. The van der Waals surface area contributed by atoms with E-state index < -0.39 is 9.84 Å². The first-order chi connectivity index (χ1) is 10.0. The topological polar surface area (TPSA) is 80.0 Å². The molecule has 1 heterocycles. The van der Waals surface area contributed by atoms with Crippen LogP contribution in [0.4, 0.5) is 0 Å². The van der Waals surface area contributed by atoms with Crippen LogP contribution in [0.3, 0.4) is 0 Å². The Morgan fingerprint density at radius 2 is 2.10 bits per heavy atom. The summed E-state index contributed by atoms with van der Waals surface area (Å²) in [6.07, 6.45) is 1.42. The highest BCUT2D eigenvalue weighted by Crippen LogP contribution is 2.15. The molecular formula is C14H11ClN2O3S. The molecule has 0 aliphatic rings. The number of nitrogens with zero attached hydrogens (tertiary/aromatic N) is 2. The normalized spacial score (nSPS) is 10.9. The molecule has 21 heavy (non-hydrogen) atoms. The smallest absolute Gasteiger partial charge is 0.181 e. The van der Waals surface area contributed by atoms with E-state index in [2.05, 4.69) is 4.98 Å². The number of sulfone groups is 1. The number of hydrogen-bond acceptors (Lipinski definition) is 5. The summed E-state index contributed by atoms with van der Waals surface area (Å²) in [5, 5.41) is 9.12. The molecule has 0 spiro atoms. The Balaban J connectivity index is 2.01. The van der Waals surface area contributed by atoms with Crippen molar-refractivity contribution in [1.82, 2.24) is 4.98 Å². The van der Waals surface area contributed by atoms with Gasteiger partial charge in [0.25, 0.3) is 0 Å². The van der Waals surface area contributed by atoms with Crippen molar-refractivity contribution in [1.29, 1.82) is 5.26 Å². The van der Waals surface area contributed by atoms with E-state index in [0.29, 0.717) is 16.5 Å². The SMILES string of the molecule is N#Cc1cccc(S(=O)(=O)CCOc2ccc(Cl)nc2)c1. The van der Waals surface area contributed by atoms with Crippen LogP contribution in [0.5, 0.6) is 5.75 Å². The molecule has 0 saturated carbocycles. The third-order valence-electron chi connectivity index (χ3n) is 2.64. The van der Waals surface area contributed by atoms with Crippen molar-refractivity contribution in [3.05, 3.63) is 53.3 Å². The predicted octanol–water partition coefficient (Wildman–Crippen LogP) is 2.46. The second kappa shape index (κ2) is 6.57. The van der Waals surface area contributed by atoms with E-state index in [9.17, 15) is 8.42 Å². The summed E-state index contributed by atoms with van der Waals surface area (Å²) in [6.45, 7) is -0.0115. The summed E-state index contributed by atoms with van der Waals surface area (Å²) in [7, 11) is -3.49. The van der Waals surface area contributed by atoms with E-state index in [1.165, 1.54) is 24.4 Å². The number of nitriles is 1. The van der Waals surface area contributed by atoms with Crippen molar-refractivity contribution < 1.29 is 13.2 Å². The predicted molar refractivity (Wildman–Crippen MR) is 78.0 cm³/mol. The largest absolute Gasteiger partial charge is 0.491 e. The maximum Gasteiger partial charge on any atom is 0.181 e. The molecular weight excluding hydrogens is 312 g/mol. The molecule has 5 nitrogen and oxygen atoms in total. The number of hydrogen-bond donors (Lipinski definition) is 0. The molecule has 2 rings (SSSR count). The summed E-state index contributed by atoms with van der Waals surface area (Å²) >= 11 is 5.64. The van der Waals surface area contributed by atoms with Gasteiger partial charge in [0, 0.05) is 0 Å². The number of aromatic nitrogens is 1. The average Bonchev–Trinajstić information content (AvgIpc) is 2.49. The highest BCUT2D eigenvalue weighted by Gasteiger charge is 2.15. The minimum Gasteiger partial charge on any atom is -0.491 e. The third kappa shape index (κ3) is 4.18. The molecule has 0 aliphatic carbocycles. The molecule has 7 heteroatoms. The zero-order valence-electron chi connectivity index (χ0n) is 10.9. The zero-order valence-corrected chi connectivity index (χ0v) is 12.4. The fraction of sp³-hybridized carbons (Fsp3) is 0.143. The second-order valence-corrected chi connectivity index (χ2v) is 6.62. The molecule has 1 aromatic carbocycles. The van der Waals surface area contributed by atoms with Crippen molar-refractivity contribution in [2.45, 2.75) is 4.90 Å². The van der Waals surface area contributed by atoms with Gasteiger partial charge in [-0.25, -0.2) is 13.4 Å². The van der Waals surface area contributed by atoms with Crippen LogP contribution >= 0.6 is 11.6 Å². The van der Waals surface area contributed by atoms with Gasteiger partial charge in [-0.1, -0.05) is 17.7 Å². The van der Waals surface area contributed by atoms with Crippen molar-refractivity contribution in [3.8, 4) is 11.8 Å². The summed E-state index contributed by atoms with van der Waals surface area (Å²) < 4.78 is 29.5. The van der Waals surface area contributed by atoms with Gasteiger partial charge in [-0.2, -0.15) is 5.26 Å². The second-order valence-electron chi connectivity index (χ2n) is 4.12. The Morgan fingerprint density at radius 3 is 2.76 bits per heavy atom. The molecule has 0 N–H and O–H groups in total. The number of pyridine rings is 1. The van der Waals surface area contributed by atoms with Gasteiger partial charge in [-0.15, -0.1) is 0 Å². The third-order valence-corrected chi connectivity index (χ3v) is 4.54. The molecule has 2 aromatic rings. The van der Waals surface area contributed by atoms with E-state index in [1.807, 2.05) is 6.07 Å². The fourth-order valence-corrected chi connectivity index (χ4v) is 2.84. The van der Waals surface area contributed by atoms with Crippen LogP contribution in [-0.4, -0.2) is 25.8 Å². The van der Waals surface area contributed by atoms with Gasteiger partial charge in [0.1, 0.15) is 17.5 Å². The lowest BCUT2D eigenvalue weighted by Gasteiger charge is -2.07. The highest BCUT2D eigenvalue weighted by atomic mass is 35.5. The van der Waals surface area contributed by atoms with Crippen molar-refractivity contribution >= 4 is 21.4 Å². The van der Waals surface area contributed by atoms with Crippen LogP contribution < -0.4 is 4.74 Å². The molecule has 0 unspecified atom stereocenters. The van der Waals surface area contributed by atoms with Crippen LogP contribution in [0, 0.1) is 11.3 Å². The Hall–Kier alpha value is -2.10. The van der Waals surface area contributed by atoms with Crippen LogP contribution in [-0.2, 0) is 9.84 Å². The van der Waals surface area contributed by atoms with E-state index in [0.717, 1.165) is 0 Å². The minimum absolute atomic E-state index is 0.0115. The first-order valence-electron chi connectivity index (χ1n) is 5.98. The molecule has 0 saturated heterocycles. The van der Waals surface area contributed by atoms with Gasteiger partial charge in [0.15, 0.2) is 9.84 Å². The van der Waals surface area contributed by atoms with Gasteiger partial charge in [0.2, 0.25) is 0 Å². The van der Waals surface area contributed by atoms with E-state index in [-0.39, 0.29) is 17.3 Å². The highest BCUT2D eigenvalue weighted by molar-refractivity contribution is 7.91. The van der Waals surface area contributed by atoms with Crippen LogP contribution in [0.1, 0.15) is 5.56 Å². The van der Waals surface area contributed by atoms with Crippen molar-refractivity contribution in [2.24, 2.45) is 0 Å². The Kier molecular flexibility index (Phi) is 4.78. The van der Waals surface area contributed by atoms with E-state index in [4.69, 9.17) is 21.6 Å². The number of halogens is 1. The first-order valence-corrected chi connectivity index (χ1v) is 8.01. The van der Waals surface area contributed by atoms with E-state index >= 15 is 0 Å². The summed E-state index contributed by atoms with van der Waals surface area (Å²) in [6, 6.07) is 11.0. The minimum atomic E-state index is -3.49. The van der Waals surface area contributed by atoms with Gasteiger partial charge >= 0.3 is 0 Å². The maximum atomic E-state index is 12.1. The fourth-order valence-electron chi connectivity index (χ4n) is 1.59.